The van der Waals surface area contributed by atoms with Gasteiger partial charge in [0, 0.05) is 29.5 Å². The van der Waals surface area contributed by atoms with Crippen LogP contribution in [-0.2, 0) is 17.8 Å². The molecule has 0 bridgehead atoms. The Labute approximate surface area is 261 Å². The van der Waals surface area contributed by atoms with Gasteiger partial charge in [-0.1, -0.05) is 12.1 Å². The van der Waals surface area contributed by atoms with Crippen molar-refractivity contribution < 1.29 is 32.5 Å². The minimum absolute atomic E-state index is 0.0270. The highest BCUT2D eigenvalue weighted by atomic mass is 19.1. The van der Waals surface area contributed by atoms with E-state index in [1.165, 1.54) is 30.3 Å². The molecule has 46 heavy (non-hydrogen) atoms. The fraction of sp³-hybridized carbons (Fsp3) is 0.257. The number of imidazole rings is 1. The number of hydrogen-bond donors (Lipinski definition) is 1. The van der Waals surface area contributed by atoms with E-state index in [9.17, 15) is 14.3 Å². The van der Waals surface area contributed by atoms with Crippen molar-refractivity contribution in [1.29, 1.82) is 5.26 Å². The Balaban J connectivity index is 1.18. The van der Waals surface area contributed by atoms with Crippen LogP contribution >= 0.6 is 0 Å². The van der Waals surface area contributed by atoms with Crippen molar-refractivity contribution in [3.63, 3.8) is 0 Å². The van der Waals surface area contributed by atoms with Gasteiger partial charge in [-0.25, -0.2) is 27.9 Å². The summed E-state index contributed by atoms with van der Waals surface area (Å²) in [5, 5.41) is 18.6. The van der Waals surface area contributed by atoms with Crippen molar-refractivity contribution >= 4 is 17.0 Å². The van der Waals surface area contributed by atoms with Gasteiger partial charge in [-0.15, -0.1) is 0 Å². The van der Waals surface area contributed by atoms with Crippen LogP contribution in [0.25, 0.3) is 22.3 Å². The van der Waals surface area contributed by atoms with Crippen LogP contribution in [0, 0.1) is 40.6 Å². The first-order valence-electron chi connectivity index (χ1n) is 14.9. The zero-order chi connectivity index (χ0) is 31.9. The van der Waals surface area contributed by atoms with Crippen molar-refractivity contribution in [1.82, 2.24) is 14.5 Å². The Morgan fingerprint density at radius 3 is 2.57 bits per heavy atom. The number of carboxylic acid groups (broad SMARTS) is 1. The first-order valence-corrected chi connectivity index (χ1v) is 14.9. The normalized spacial score (nSPS) is 17.7. The maximum Gasteiger partial charge on any atom is 0.335 e. The quantitative estimate of drug-likeness (QED) is 0.191. The summed E-state index contributed by atoms with van der Waals surface area (Å²) in [6, 6.07) is 17.3. The van der Waals surface area contributed by atoms with Crippen LogP contribution in [0.5, 0.6) is 5.88 Å². The Kier molecular flexibility index (Phi) is 7.66. The van der Waals surface area contributed by atoms with E-state index < -0.39 is 23.4 Å². The maximum atomic E-state index is 15.7. The van der Waals surface area contributed by atoms with E-state index in [1.54, 1.807) is 18.2 Å². The fourth-order valence-corrected chi connectivity index (χ4v) is 6.19. The summed E-state index contributed by atoms with van der Waals surface area (Å²) in [5.41, 5.74) is 1.84. The summed E-state index contributed by atoms with van der Waals surface area (Å²) in [6.07, 6.45) is 2.17. The summed E-state index contributed by atoms with van der Waals surface area (Å²) >= 11 is 0. The van der Waals surface area contributed by atoms with Crippen molar-refractivity contribution in [2.24, 2.45) is 11.8 Å². The van der Waals surface area contributed by atoms with Gasteiger partial charge in [0.1, 0.15) is 29.9 Å². The van der Waals surface area contributed by atoms with Crippen LogP contribution in [0.4, 0.5) is 13.2 Å². The zero-order valence-corrected chi connectivity index (χ0v) is 24.4. The molecule has 5 aromatic rings. The highest BCUT2D eigenvalue weighted by molar-refractivity contribution is 5.92. The average molecular weight is 625 g/mol. The predicted octanol–water partition coefficient (Wildman–Crippen LogP) is 6.85. The number of hydrogen-bond acceptors (Lipinski definition) is 6. The molecule has 2 fully saturated rings. The van der Waals surface area contributed by atoms with Gasteiger partial charge in [0.2, 0.25) is 5.88 Å². The minimum atomic E-state index is -1.06. The number of pyridine rings is 1. The molecule has 0 radical (unpaired) electrons. The van der Waals surface area contributed by atoms with Crippen molar-refractivity contribution in [3.8, 4) is 23.2 Å². The summed E-state index contributed by atoms with van der Waals surface area (Å²) in [6.45, 7) is 0.837. The molecule has 3 aromatic carbocycles. The van der Waals surface area contributed by atoms with E-state index in [4.69, 9.17) is 19.7 Å². The zero-order valence-electron chi connectivity index (χ0n) is 24.4. The molecular formula is C35H27F3N4O4. The number of benzene rings is 3. The fourth-order valence-electron chi connectivity index (χ4n) is 6.19. The van der Waals surface area contributed by atoms with Gasteiger partial charge >= 0.3 is 5.97 Å². The van der Waals surface area contributed by atoms with Crippen LogP contribution in [0.3, 0.4) is 0 Å². The van der Waals surface area contributed by atoms with Gasteiger partial charge in [-0.2, -0.15) is 5.26 Å². The molecular weight excluding hydrogens is 597 g/mol. The maximum absolute atomic E-state index is 15.7. The third-order valence-electron chi connectivity index (χ3n) is 8.70. The third kappa shape index (κ3) is 5.68. The number of aromatic carboxylic acids is 1. The molecule has 2 aliphatic rings. The van der Waals surface area contributed by atoms with Gasteiger partial charge in [0.15, 0.2) is 0 Å². The SMILES string of the molecule is N#Cc1ccc(COc2cccc(-c3cc(F)c(Cc4nc5ccc(C(=O)O)cc5n4[C@H]4COC[C@@H]4C4CC4)cc3F)n2)c(F)c1. The Bertz CT molecular complexity index is 2030. The van der Waals surface area contributed by atoms with Gasteiger partial charge in [0.25, 0.3) is 0 Å². The van der Waals surface area contributed by atoms with Crippen LogP contribution in [0.2, 0.25) is 0 Å². The molecule has 2 atom stereocenters. The molecule has 0 spiro atoms. The second kappa shape index (κ2) is 11.9. The van der Waals surface area contributed by atoms with E-state index in [2.05, 4.69) is 4.98 Å². The molecule has 3 heterocycles. The number of aromatic nitrogens is 3. The molecule has 7 rings (SSSR count). The number of nitriles is 1. The van der Waals surface area contributed by atoms with Crippen molar-refractivity contribution in [3.05, 3.63) is 112 Å². The van der Waals surface area contributed by atoms with Gasteiger partial charge < -0.3 is 19.1 Å². The summed E-state index contributed by atoms with van der Waals surface area (Å²) < 4.78 is 59.0. The lowest BCUT2D eigenvalue weighted by Crippen LogP contribution is -2.22. The number of carboxylic acids is 1. The summed E-state index contributed by atoms with van der Waals surface area (Å²) in [7, 11) is 0. The van der Waals surface area contributed by atoms with Crippen molar-refractivity contribution in [2.75, 3.05) is 13.2 Å². The molecule has 0 unspecified atom stereocenters. The molecule has 11 heteroatoms. The molecule has 1 saturated carbocycles. The Morgan fingerprint density at radius 1 is 0.978 bits per heavy atom. The summed E-state index contributed by atoms with van der Waals surface area (Å²) in [5.74, 6) is -1.71. The van der Waals surface area contributed by atoms with Gasteiger partial charge in [-0.05, 0) is 72.9 Å². The Hall–Kier alpha value is -5.21. The van der Waals surface area contributed by atoms with Crippen LogP contribution in [0.15, 0.2) is 66.7 Å². The van der Waals surface area contributed by atoms with Crippen LogP contribution in [-0.4, -0.2) is 38.8 Å². The first kappa shape index (κ1) is 29.5. The minimum Gasteiger partial charge on any atom is -0.478 e. The largest absolute Gasteiger partial charge is 0.478 e. The van der Waals surface area contributed by atoms with Crippen LogP contribution in [0.1, 0.15) is 51.8 Å². The molecule has 1 aliphatic carbocycles. The van der Waals surface area contributed by atoms with E-state index in [0.29, 0.717) is 36.0 Å². The van der Waals surface area contributed by atoms with E-state index >= 15 is 8.78 Å². The number of ether oxygens (including phenoxy) is 2. The number of carbonyl (C=O) groups is 1. The Morgan fingerprint density at radius 2 is 1.80 bits per heavy atom. The highest BCUT2D eigenvalue weighted by Gasteiger charge is 2.42. The first-order chi connectivity index (χ1) is 22.3. The molecule has 2 aromatic heterocycles. The van der Waals surface area contributed by atoms with Crippen molar-refractivity contribution in [2.45, 2.75) is 31.9 Å². The van der Waals surface area contributed by atoms with Gasteiger partial charge in [0.05, 0.1) is 53.2 Å². The number of rotatable bonds is 9. The molecule has 8 nitrogen and oxygen atoms in total. The number of halogens is 3. The second-order valence-electron chi connectivity index (χ2n) is 11.7. The molecule has 1 N–H and O–H groups in total. The van der Waals surface area contributed by atoms with E-state index in [0.717, 1.165) is 31.0 Å². The smallest absolute Gasteiger partial charge is 0.335 e. The van der Waals surface area contributed by atoms with Gasteiger partial charge in [-0.3, -0.25) is 0 Å². The molecule has 232 valence electrons. The molecule has 1 aliphatic heterocycles. The molecule has 0 amide bonds. The highest BCUT2D eigenvalue weighted by Crippen LogP contribution is 2.46. The monoisotopic (exact) mass is 624 g/mol. The standard InChI is InChI=1S/C35H27F3N4O4/c36-26-10-19(15-39)4-5-22(26)16-46-34-3-1-2-29(41-34)24-14-27(37)23(11-28(24)38)13-33-40-30-9-8-21(35(43)44)12-31(30)42(33)32-18-45-17-25(32)20-6-7-20/h1-5,8-12,14,20,25,32H,6-7,13,16-18H2,(H,43,44)/t25-,32+/m1/s1. The van der Waals surface area contributed by atoms with Crippen LogP contribution < -0.4 is 4.74 Å². The number of fused-ring (bicyclic) bond motifs is 1. The third-order valence-corrected chi connectivity index (χ3v) is 8.70. The lowest BCUT2D eigenvalue weighted by atomic mass is 9.97. The lowest BCUT2D eigenvalue weighted by Gasteiger charge is -2.22. The summed E-state index contributed by atoms with van der Waals surface area (Å²) in [4.78, 5) is 20.8. The average Bonchev–Trinajstić information content (AvgIpc) is 3.67. The second-order valence-corrected chi connectivity index (χ2v) is 11.7. The number of nitrogens with zero attached hydrogens (tertiary/aromatic N) is 4. The topological polar surface area (TPSA) is 110 Å². The van der Waals surface area contributed by atoms with E-state index in [1.807, 2.05) is 10.6 Å². The lowest BCUT2D eigenvalue weighted by molar-refractivity contribution is 0.0697. The predicted molar refractivity (Wildman–Crippen MR) is 161 cm³/mol. The molecule has 1 saturated heterocycles. The van der Waals surface area contributed by atoms with E-state index in [-0.39, 0.29) is 64.4 Å².